The van der Waals surface area contributed by atoms with Crippen LogP contribution in [0.2, 0.25) is 19.6 Å². The largest absolute Gasteiger partial charge is 0.389 e. The third-order valence-corrected chi connectivity index (χ3v) is 9.12. The summed E-state index contributed by atoms with van der Waals surface area (Å²) < 4.78 is 2.09. The fourth-order valence-corrected chi connectivity index (χ4v) is 6.21. The number of hydrogen-bond donors (Lipinski definition) is 2. The van der Waals surface area contributed by atoms with Crippen LogP contribution in [0.15, 0.2) is 60.8 Å². The van der Waals surface area contributed by atoms with Gasteiger partial charge in [-0.1, -0.05) is 78.1 Å². The number of amides is 1. The summed E-state index contributed by atoms with van der Waals surface area (Å²) in [5.41, 5.74) is 5.22. The van der Waals surface area contributed by atoms with Gasteiger partial charge in [0.2, 0.25) is 0 Å². The van der Waals surface area contributed by atoms with Gasteiger partial charge in [0.1, 0.15) is 21.0 Å². The van der Waals surface area contributed by atoms with Crippen molar-refractivity contribution >= 4 is 57.4 Å². The number of fused-ring (bicyclic) bond motifs is 2. The molecule has 0 saturated carbocycles. The zero-order valence-electron chi connectivity index (χ0n) is 20.3. The highest BCUT2D eigenvalue weighted by atomic mass is 32.1. The zero-order chi connectivity index (χ0) is 24.7. The molecule has 0 bridgehead atoms. The third-order valence-electron chi connectivity index (χ3n) is 6.11. The first kappa shape index (κ1) is 23.4. The highest BCUT2D eigenvalue weighted by Crippen LogP contribution is 2.25. The fourth-order valence-electron chi connectivity index (χ4n) is 4.29. The molecule has 1 amide bonds. The van der Waals surface area contributed by atoms with E-state index in [4.69, 9.17) is 0 Å². The minimum absolute atomic E-state index is 0.124. The predicted octanol–water partition coefficient (Wildman–Crippen LogP) is 5.29. The number of thiazole rings is 1. The van der Waals surface area contributed by atoms with E-state index in [2.05, 4.69) is 88.9 Å². The molecule has 5 aromatic rings. The number of carbonyl (C=O) groups excluding carboxylic acids is 1. The predicted molar refractivity (Wildman–Crippen MR) is 146 cm³/mol. The number of benzene rings is 2. The molecule has 6 nitrogen and oxygen atoms in total. The topological polar surface area (TPSA) is 80.0 Å². The van der Waals surface area contributed by atoms with E-state index in [0.717, 1.165) is 21.3 Å². The maximum Gasteiger partial charge on any atom is 0.272 e. The molecule has 178 valence electrons. The van der Waals surface area contributed by atoms with Crippen LogP contribution in [0, 0.1) is 6.92 Å². The molecule has 2 aromatic carbocycles. The number of aryl methyl sites for hydroxylation is 1. The van der Waals surface area contributed by atoms with Crippen LogP contribution in [0.5, 0.6) is 0 Å². The van der Waals surface area contributed by atoms with Crippen molar-refractivity contribution in [2.45, 2.75) is 39.7 Å². The lowest BCUT2D eigenvalue weighted by atomic mass is 10.1. The van der Waals surface area contributed by atoms with Crippen LogP contribution < -0.4 is 10.5 Å². The average molecular weight is 501 g/mol. The average Bonchev–Trinajstić information content (AvgIpc) is 3.39. The summed E-state index contributed by atoms with van der Waals surface area (Å²) >= 11 is 1.35. The molecular weight excluding hydrogens is 472 g/mol. The molecule has 0 atom stereocenters. The van der Waals surface area contributed by atoms with E-state index in [0.29, 0.717) is 28.5 Å². The lowest BCUT2D eigenvalue weighted by molar-refractivity contribution is 0.101. The van der Waals surface area contributed by atoms with E-state index in [9.17, 15) is 9.90 Å². The quantitative estimate of drug-likeness (QED) is 0.310. The zero-order valence-corrected chi connectivity index (χ0v) is 22.1. The molecular formula is C27H28N4O2SSi. The molecule has 3 aromatic heterocycles. The maximum absolute atomic E-state index is 13.5. The van der Waals surface area contributed by atoms with Gasteiger partial charge in [-0.15, -0.1) is 0 Å². The SMILES string of the molecule is Cc1cccc(Cn2c(C(=O)Nc3cnc4sc(CO)nc4c3)cc3cc([Si](C)(C)C)ccc32)c1. The fraction of sp³-hybridized carbons (Fsp3) is 0.222. The summed E-state index contributed by atoms with van der Waals surface area (Å²) in [5, 5.41) is 15.4. The summed E-state index contributed by atoms with van der Waals surface area (Å²) in [5.74, 6) is -0.192. The standard InChI is InChI=1S/C27H28N4O2SSi/c1-17-6-5-7-18(10-17)15-31-23-9-8-21(35(2,3)4)11-19(23)12-24(31)26(33)29-20-13-22-27(28-14-20)34-25(16-32)30-22/h5-14,32H,15-16H2,1-4H3,(H,29,33). The first-order valence-electron chi connectivity index (χ1n) is 11.6. The smallest absolute Gasteiger partial charge is 0.272 e. The van der Waals surface area contributed by atoms with Gasteiger partial charge in [-0.3, -0.25) is 4.79 Å². The minimum atomic E-state index is -1.50. The Hall–Kier alpha value is -3.33. The number of rotatable bonds is 6. The molecule has 2 N–H and O–H groups in total. The Labute approximate surface area is 209 Å². The lowest BCUT2D eigenvalue weighted by Gasteiger charge is -2.17. The highest BCUT2D eigenvalue weighted by Gasteiger charge is 2.21. The number of aliphatic hydroxyl groups excluding tert-OH is 1. The van der Waals surface area contributed by atoms with Gasteiger partial charge >= 0.3 is 0 Å². The van der Waals surface area contributed by atoms with Crippen molar-refractivity contribution in [1.82, 2.24) is 14.5 Å². The Kier molecular flexibility index (Phi) is 6.04. The van der Waals surface area contributed by atoms with E-state index in [-0.39, 0.29) is 12.5 Å². The normalized spacial score (nSPS) is 11.9. The van der Waals surface area contributed by atoms with Crippen molar-refractivity contribution in [2.75, 3.05) is 5.32 Å². The van der Waals surface area contributed by atoms with Crippen LogP contribution in [0.1, 0.15) is 26.6 Å². The summed E-state index contributed by atoms with van der Waals surface area (Å²) in [6.07, 6.45) is 1.64. The van der Waals surface area contributed by atoms with E-state index >= 15 is 0 Å². The number of nitrogens with one attached hydrogen (secondary N) is 1. The Balaban J connectivity index is 1.55. The summed E-state index contributed by atoms with van der Waals surface area (Å²) in [6.45, 7) is 9.54. The van der Waals surface area contributed by atoms with Gasteiger partial charge in [0, 0.05) is 17.4 Å². The number of hydrogen-bond acceptors (Lipinski definition) is 5. The first-order chi connectivity index (χ1) is 16.7. The number of carbonyl (C=O) groups is 1. The third kappa shape index (κ3) is 4.77. The molecule has 0 unspecified atom stereocenters. The Morgan fingerprint density at radius 3 is 2.69 bits per heavy atom. The summed E-state index contributed by atoms with van der Waals surface area (Å²) in [7, 11) is -1.50. The van der Waals surface area contributed by atoms with Gasteiger partial charge in [0.15, 0.2) is 0 Å². The van der Waals surface area contributed by atoms with Gasteiger partial charge in [-0.05, 0) is 30.7 Å². The molecule has 0 aliphatic heterocycles. The number of anilines is 1. The van der Waals surface area contributed by atoms with Gasteiger partial charge < -0.3 is 15.0 Å². The Bertz CT molecular complexity index is 1570. The molecule has 0 aliphatic rings. The summed E-state index contributed by atoms with van der Waals surface area (Å²) in [4.78, 5) is 23.0. The van der Waals surface area contributed by atoms with E-state index in [1.165, 1.54) is 22.1 Å². The lowest BCUT2D eigenvalue weighted by Crippen LogP contribution is -2.37. The number of pyridine rings is 1. The van der Waals surface area contributed by atoms with Crippen LogP contribution in [0.25, 0.3) is 21.3 Å². The minimum Gasteiger partial charge on any atom is -0.389 e. The molecule has 0 saturated heterocycles. The van der Waals surface area contributed by atoms with E-state index in [1.807, 2.05) is 6.07 Å². The Morgan fingerprint density at radius 2 is 1.94 bits per heavy atom. The molecule has 0 fully saturated rings. The molecule has 0 spiro atoms. The van der Waals surface area contributed by atoms with Crippen LogP contribution >= 0.6 is 11.3 Å². The van der Waals surface area contributed by atoms with Gasteiger partial charge in [0.05, 0.1) is 26.6 Å². The van der Waals surface area contributed by atoms with Gasteiger partial charge in [0.25, 0.3) is 5.91 Å². The Morgan fingerprint density at radius 1 is 1.11 bits per heavy atom. The van der Waals surface area contributed by atoms with Crippen molar-refractivity contribution in [1.29, 1.82) is 0 Å². The molecule has 8 heteroatoms. The van der Waals surface area contributed by atoms with Gasteiger partial charge in [-0.2, -0.15) is 0 Å². The molecule has 35 heavy (non-hydrogen) atoms. The van der Waals surface area contributed by atoms with Crippen LogP contribution in [0.4, 0.5) is 5.69 Å². The van der Waals surface area contributed by atoms with E-state index in [1.54, 1.807) is 12.3 Å². The van der Waals surface area contributed by atoms with Crippen molar-refractivity contribution in [3.63, 3.8) is 0 Å². The van der Waals surface area contributed by atoms with Crippen LogP contribution in [0.3, 0.4) is 0 Å². The first-order valence-corrected chi connectivity index (χ1v) is 15.9. The number of aromatic nitrogens is 3. The second kappa shape index (κ2) is 9.03. The molecule has 0 radical (unpaired) electrons. The van der Waals surface area contributed by atoms with Crippen molar-refractivity contribution in [3.8, 4) is 0 Å². The number of aliphatic hydroxyl groups is 1. The van der Waals surface area contributed by atoms with Gasteiger partial charge in [-0.25, -0.2) is 9.97 Å². The summed E-state index contributed by atoms with van der Waals surface area (Å²) in [6, 6.07) is 18.8. The monoisotopic (exact) mass is 500 g/mol. The highest BCUT2D eigenvalue weighted by molar-refractivity contribution is 7.18. The molecule has 3 heterocycles. The van der Waals surface area contributed by atoms with Crippen molar-refractivity contribution in [2.24, 2.45) is 0 Å². The molecule has 0 aliphatic carbocycles. The van der Waals surface area contributed by atoms with Crippen molar-refractivity contribution in [3.05, 3.63) is 82.6 Å². The second-order valence-electron chi connectivity index (χ2n) is 9.90. The maximum atomic E-state index is 13.5. The van der Waals surface area contributed by atoms with E-state index < -0.39 is 8.07 Å². The molecule has 5 rings (SSSR count). The second-order valence-corrected chi connectivity index (χ2v) is 16.0. The number of nitrogens with zero attached hydrogens (tertiary/aromatic N) is 3. The van der Waals surface area contributed by atoms with Crippen molar-refractivity contribution < 1.29 is 9.90 Å². The van der Waals surface area contributed by atoms with Crippen LogP contribution in [-0.2, 0) is 13.2 Å². The van der Waals surface area contributed by atoms with Crippen LogP contribution in [-0.4, -0.2) is 33.6 Å².